The third-order valence-corrected chi connectivity index (χ3v) is 15.5. The van der Waals surface area contributed by atoms with Gasteiger partial charge in [-0.15, -0.1) is 0 Å². The minimum Gasteiger partial charge on any atom is -0.756 e. The van der Waals surface area contributed by atoms with Crippen molar-refractivity contribution in [1.82, 2.24) is 5.32 Å². The fourth-order valence-corrected chi connectivity index (χ4v) is 10.1. The maximum Gasteiger partial charge on any atom is 0.268 e. The number of carbonyl (C=O) groups is 1. The third kappa shape index (κ3) is 62.8. The van der Waals surface area contributed by atoms with Gasteiger partial charge in [-0.05, 0) is 83.5 Å². The van der Waals surface area contributed by atoms with Crippen molar-refractivity contribution in [3.05, 3.63) is 109 Å². The Labute approximate surface area is 495 Å². The van der Waals surface area contributed by atoms with Crippen molar-refractivity contribution in [3.8, 4) is 0 Å². The zero-order valence-electron chi connectivity index (χ0n) is 52.7. The number of aliphatic hydroxyl groups excluding tert-OH is 1. The molecule has 462 valence electrons. The summed E-state index contributed by atoms with van der Waals surface area (Å²) in [5, 5.41) is 13.9. The molecule has 3 unspecified atom stereocenters. The fourth-order valence-electron chi connectivity index (χ4n) is 9.35. The van der Waals surface area contributed by atoms with E-state index in [0.717, 1.165) is 83.5 Å². The van der Waals surface area contributed by atoms with Crippen LogP contribution in [-0.2, 0) is 18.4 Å². The summed E-state index contributed by atoms with van der Waals surface area (Å²) in [6.45, 7) is 4.52. The summed E-state index contributed by atoms with van der Waals surface area (Å²) in [4.78, 5) is 25.6. The summed E-state index contributed by atoms with van der Waals surface area (Å²) in [5.74, 6) is -0.241. The fraction of sp³-hybridized carbons (Fsp3) is 0.732. The first-order chi connectivity index (χ1) is 39.0. The molecular weight excluding hydrogens is 1010 g/mol. The number of carbonyl (C=O) groups excluding carboxylic acids is 1. The summed E-state index contributed by atoms with van der Waals surface area (Å²) >= 11 is 0. The number of likely N-dealkylation sites (N-methyl/N-ethyl adjacent to an activating group) is 1. The van der Waals surface area contributed by atoms with Crippen molar-refractivity contribution in [2.75, 3.05) is 40.9 Å². The Morgan fingerprint density at radius 2 is 0.762 bits per heavy atom. The van der Waals surface area contributed by atoms with Crippen molar-refractivity contribution in [1.29, 1.82) is 0 Å². The number of phosphoric acid groups is 1. The highest BCUT2D eigenvalue weighted by atomic mass is 31.2. The summed E-state index contributed by atoms with van der Waals surface area (Å²) in [6, 6.07) is -0.920. The van der Waals surface area contributed by atoms with Crippen LogP contribution in [0.5, 0.6) is 0 Å². The van der Waals surface area contributed by atoms with Crippen LogP contribution in [0.15, 0.2) is 109 Å². The Balaban J connectivity index is 4.22. The molecule has 0 aromatic rings. The van der Waals surface area contributed by atoms with Crippen LogP contribution < -0.4 is 10.2 Å². The number of aliphatic hydroxyl groups is 1. The molecule has 0 aromatic heterocycles. The molecule has 0 bridgehead atoms. The number of nitrogens with zero attached hydrogens (tertiary/aromatic N) is 1. The van der Waals surface area contributed by atoms with E-state index in [2.05, 4.69) is 116 Å². The Morgan fingerprint density at radius 3 is 1.11 bits per heavy atom. The number of amides is 1. The highest BCUT2D eigenvalue weighted by molar-refractivity contribution is 7.45. The first-order valence-electron chi connectivity index (χ1n) is 33.2. The largest absolute Gasteiger partial charge is 0.756 e. The molecule has 0 spiro atoms. The topological polar surface area (TPSA) is 108 Å². The van der Waals surface area contributed by atoms with Gasteiger partial charge in [-0.1, -0.05) is 303 Å². The number of hydrogen-bond acceptors (Lipinski definition) is 6. The standard InChI is InChI=1S/C71H127N2O6P/c1-6-8-10-12-14-16-18-20-22-24-26-28-30-32-34-35-36-37-39-40-42-44-46-48-50-52-54-56-58-60-62-64-70(74)69(68-79-80(76,77)78-67-66-73(3,4)5)72-71(75)65-63-61-59-57-55-53-51-49-47-45-43-41-38-33-31-29-27-25-23-21-19-17-15-13-11-9-7-2/h9,11,15,17,21,23,27,29,33,38,43,45,49,51,55,57,62,64,69-70,74H,6-8,10,12-14,16,18-20,22,24-26,28,30-32,34-37,39-42,44,46-48,50,52-54,56,58-61,63,65-68H2,1-5H3,(H-,72,75,76,77)/b11-9-,17-15-,23-21-,29-27-,38-33-,45-43-,51-49-,57-55-,64-62+. The number of phosphoric ester groups is 1. The van der Waals surface area contributed by atoms with Crippen molar-refractivity contribution < 1.29 is 32.9 Å². The molecule has 8 nitrogen and oxygen atoms in total. The second-order valence-corrected chi connectivity index (χ2v) is 24.9. The number of quaternary nitrogens is 1. The summed E-state index contributed by atoms with van der Waals surface area (Å²) in [6.07, 6.45) is 89.2. The van der Waals surface area contributed by atoms with Gasteiger partial charge in [0, 0.05) is 6.42 Å². The molecule has 0 saturated heterocycles. The van der Waals surface area contributed by atoms with E-state index in [1.807, 2.05) is 27.2 Å². The van der Waals surface area contributed by atoms with E-state index in [-0.39, 0.29) is 18.9 Å². The molecule has 0 rings (SSSR count). The molecule has 3 atom stereocenters. The lowest BCUT2D eigenvalue weighted by molar-refractivity contribution is -0.870. The third-order valence-electron chi connectivity index (χ3n) is 14.5. The molecule has 9 heteroatoms. The molecule has 0 aliphatic heterocycles. The smallest absolute Gasteiger partial charge is 0.268 e. The summed E-state index contributed by atoms with van der Waals surface area (Å²) in [5.41, 5.74) is 0. The molecule has 2 N–H and O–H groups in total. The summed E-state index contributed by atoms with van der Waals surface area (Å²) < 4.78 is 23.4. The van der Waals surface area contributed by atoms with Crippen LogP contribution in [-0.4, -0.2) is 68.5 Å². The average molecular weight is 1140 g/mol. The second-order valence-electron chi connectivity index (χ2n) is 23.4. The van der Waals surface area contributed by atoms with Gasteiger partial charge < -0.3 is 28.8 Å². The Hall–Kier alpha value is -2.84. The molecule has 0 aromatic carbocycles. The molecule has 0 radical (unpaired) electrons. The molecule has 1 amide bonds. The quantitative estimate of drug-likeness (QED) is 0.0272. The van der Waals surface area contributed by atoms with Gasteiger partial charge in [0.25, 0.3) is 7.82 Å². The zero-order valence-corrected chi connectivity index (χ0v) is 53.6. The highest BCUT2D eigenvalue weighted by Crippen LogP contribution is 2.38. The predicted octanol–water partition coefficient (Wildman–Crippen LogP) is 20.5. The first-order valence-corrected chi connectivity index (χ1v) is 34.7. The Kier molecular flexibility index (Phi) is 58.6. The second kappa shape index (κ2) is 60.7. The van der Waals surface area contributed by atoms with Gasteiger partial charge in [-0.2, -0.15) is 0 Å². The van der Waals surface area contributed by atoms with E-state index < -0.39 is 26.6 Å². The monoisotopic (exact) mass is 1130 g/mol. The van der Waals surface area contributed by atoms with E-state index in [9.17, 15) is 19.4 Å². The lowest BCUT2D eigenvalue weighted by Crippen LogP contribution is -2.45. The molecule has 0 fully saturated rings. The normalized spacial score (nSPS) is 14.4. The average Bonchev–Trinajstić information content (AvgIpc) is 3.42. The zero-order chi connectivity index (χ0) is 58.4. The van der Waals surface area contributed by atoms with Crippen molar-refractivity contribution in [2.24, 2.45) is 0 Å². The van der Waals surface area contributed by atoms with E-state index >= 15 is 0 Å². The van der Waals surface area contributed by atoms with E-state index in [0.29, 0.717) is 17.4 Å². The van der Waals surface area contributed by atoms with Crippen LogP contribution in [0.1, 0.15) is 284 Å². The van der Waals surface area contributed by atoms with Crippen LogP contribution in [0.4, 0.5) is 0 Å². The predicted molar refractivity (Wildman–Crippen MR) is 348 cm³/mol. The number of nitrogens with one attached hydrogen (secondary N) is 1. The van der Waals surface area contributed by atoms with Gasteiger partial charge in [0.05, 0.1) is 39.9 Å². The van der Waals surface area contributed by atoms with Crippen molar-refractivity contribution in [2.45, 2.75) is 296 Å². The van der Waals surface area contributed by atoms with Crippen LogP contribution in [0.2, 0.25) is 0 Å². The summed E-state index contributed by atoms with van der Waals surface area (Å²) in [7, 11) is 1.22. The lowest BCUT2D eigenvalue weighted by atomic mass is 10.0. The molecule has 0 heterocycles. The van der Waals surface area contributed by atoms with Gasteiger partial charge in [0.2, 0.25) is 5.91 Å². The van der Waals surface area contributed by atoms with Gasteiger partial charge in [0.1, 0.15) is 13.2 Å². The lowest BCUT2D eigenvalue weighted by Gasteiger charge is -2.29. The van der Waals surface area contributed by atoms with E-state index in [1.165, 1.54) is 173 Å². The Bertz CT molecular complexity index is 1670. The van der Waals surface area contributed by atoms with Crippen molar-refractivity contribution >= 4 is 13.7 Å². The number of rotatable bonds is 60. The SMILES string of the molecule is CC/C=C\C/C=C\C/C=C\C/C=C\C/C=C\C/C=C\C/C=C\C/C=C\CCCCC(=O)NC(COP(=O)([O-])OCC[N+](C)(C)C)C(O)/C=C/CCCCCCCCCCCCCCCCCCCCCCCCCCCCCCC. The number of unbranched alkanes of at least 4 members (excludes halogenated alkanes) is 31. The molecule has 0 aliphatic rings. The van der Waals surface area contributed by atoms with Gasteiger partial charge >= 0.3 is 0 Å². The molecule has 80 heavy (non-hydrogen) atoms. The van der Waals surface area contributed by atoms with Gasteiger partial charge in [0.15, 0.2) is 0 Å². The highest BCUT2D eigenvalue weighted by Gasteiger charge is 2.23. The maximum absolute atomic E-state index is 13.0. The van der Waals surface area contributed by atoms with Crippen LogP contribution in [0, 0.1) is 0 Å². The minimum atomic E-state index is -4.62. The van der Waals surface area contributed by atoms with Gasteiger partial charge in [-0.25, -0.2) is 0 Å². The Morgan fingerprint density at radius 1 is 0.450 bits per heavy atom. The maximum atomic E-state index is 13.0. The van der Waals surface area contributed by atoms with Gasteiger partial charge in [-0.3, -0.25) is 9.36 Å². The molecule has 0 aliphatic carbocycles. The minimum absolute atomic E-state index is 0.0154. The van der Waals surface area contributed by atoms with Crippen LogP contribution in [0.25, 0.3) is 0 Å². The van der Waals surface area contributed by atoms with E-state index in [4.69, 9.17) is 9.05 Å². The van der Waals surface area contributed by atoms with E-state index in [1.54, 1.807) is 6.08 Å². The molecule has 0 saturated carbocycles. The van der Waals surface area contributed by atoms with Crippen LogP contribution in [0.3, 0.4) is 0 Å². The molecular formula is C71H127N2O6P. The van der Waals surface area contributed by atoms with Crippen LogP contribution >= 0.6 is 7.82 Å². The first kappa shape index (κ1) is 77.2. The van der Waals surface area contributed by atoms with Crippen molar-refractivity contribution in [3.63, 3.8) is 0 Å². The number of allylic oxidation sites excluding steroid dienone is 17. The number of hydrogen-bond donors (Lipinski definition) is 2.